The predicted octanol–water partition coefficient (Wildman–Crippen LogP) is 4.18. The van der Waals surface area contributed by atoms with Crippen LogP contribution in [-0.4, -0.2) is 35.2 Å². The first kappa shape index (κ1) is 18.2. The van der Waals surface area contributed by atoms with Crippen LogP contribution < -0.4 is 0 Å². The molecule has 0 spiro atoms. The van der Waals surface area contributed by atoms with Gasteiger partial charge in [-0.1, -0.05) is 19.1 Å². The number of hydrogen-bond donors (Lipinski definition) is 2. The first-order valence-corrected chi connectivity index (χ1v) is 10.4. The van der Waals surface area contributed by atoms with Gasteiger partial charge >= 0.3 is 5.97 Å². The second kappa shape index (κ2) is 6.45. The van der Waals surface area contributed by atoms with Gasteiger partial charge in [0.15, 0.2) is 9.84 Å². The van der Waals surface area contributed by atoms with Gasteiger partial charge in [0.2, 0.25) is 0 Å². The number of aryl methyl sites for hydroxylation is 1. The summed E-state index contributed by atoms with van der Waals surface area (Å²) in [5, 5.41) is 11.2. The lowest BCUT2D eigenvalue weighted by Gasteiger charge is -2.09. The lowest BCUT2D eigenvalue weighted by molar-refractivity contribution is 0.0697. The van der Waals surface area contributed by atoms with E-state index in [4.69, 9.17) is 0 Å². The number of benzene rings is 2. The molecule has 28 heavy (non-hydrogen) atoms. The fraction of sp³-hybridized carbons (Fsp3) is 0.143. The summed E-state index contributed by atoms with van der Waals surface area (Å²) in [4.78, 5) is 19.4. The van der Waals surface area contributed by atoms with Gasteiger partial charge in [-0.05, 0) is 53.9 Å². The van der Waals surface area contributed by atoms with Crippen molar-refractivity contribution in [3.63, 3.8) is 0 Å². The standard InChI is InChI=1S/C21H18N2O4S/c1-3-28(26,27)15-6-4-5-13(8-15)16-9-14(21(24)25)10-18-19(16)17-7-12(2)11-22-20(17)23-18/h4-11H,3H2,1-2H3,(H,22,23)(H,24,25). The van der Waals surface area contributed by atoms with E-state index >= 15 is 0 Å². The molecule has 0 unspecified atom stereocenters. The molecule has 2 N–H and O–H groups in total. The van der Waals surface area contributed by atoms with E-state index in [1.165, 1.54) is 0 Å². The van der Waals surface area contributed by atoms with Gasteiger partial charge in [0, 0.05) is 22.5 Å². The Morgan fingerprint density at radius 2 is 1.96 bits per heavy atom. The number of H-pyrrole nitrogens is 1. The smallest absolute Gasteiger partial charge is 0.335 e. The molecule has 4 aromatic rings. The quantitative estimate of drug-likeness (QED) is 0.541. The van der Waals surface area contributed by atoms with Crippen LogP contribution in [-0.2, 0) is 9.84 Å². The van der Waals surface area contributed by atoms with Crippen molar-refractivity contribution in [3.05, 3.63) is 59.8 Å². The Balaban J connectivity index is 2.10. The molecule has 0 bridgehead atoms. The SMILES string of the molecule is CCS(=O)(=O)c1cccc(-c2cc(C(=O)O)cc3[nH]c4ncc(C)cc4c23)c1. The van der Waals surface area contributed by atoms with Crippen molar-refractivity contribution < 1.29 is 18.3 Å². The minimum atomic E-state index is -3.38. The summed E-state index contributed by atoms with van der Waals surface area (Å²) in [5.41, 5.74) is 3.69. The number of aromatic amines is 1. The monoisotopic (exact) mass is 394 g/mol. The zero-order valence-electron chi connectivity index (χ0n) is 15.4. The molecule has 142 valence electrons. The van der Waals surface area contributed by atoms with Gasteiger partial charge in [0.1, 0.15) is 5.65 Å². The molecule has 0 aliphatic heterocycles. The summed E-state index contributed by atoms with van der Waals surface area (Å²) < 4.78 is 24.6. The number of pyridine rings is 1. The highest BCUT2D eigenvalue weighted by Gasteiger charge is 2.18. The molecule has 0 aliphatic rings. The van der Waals surface area contributed by atoms with Crippen molar-refractivity contribution in [1.82, 2.24) is 9.97 Å². The van der Waals surface area contributed by atoms with Gasteiger partial charge in [-0.3, -0.25) is 0 Å². The van der Waals surface area contributed by atoms with Crippen LogP contribution in [0.4, 0.5) is 0 Å². The van der Waals surface area contributed by atoms with Crippen molar-refractivity contribution >= 4 is 37.7 Å². The number of fused-ring (bicyclic) bond motifs is 3. The number of aromatic carboxylic acids is 1. The number of aromatic nitrogens is 2. The molecule has 0 radical (unpaired) electrons. The molecule has 2 heterocycles. The van der Waals surface area contributed by atoms with E-state index in [9.17, 15) is 18.3 Å². The van der Waals surface area contributed by atoms with E-state index in [-0.39, 0.29) is 16.2 Å². The Hall–Kier alpha value is -3.19. The Labute approximate surface area is 161 Å². The summed E-state index contributed by atoms with van der Waals surface area (Å²) in [5.74, 6) is -1.06. The fourth-order valence-electron chi connectivity index (χ4n) is 3.39. The molecule has 4 rings (SSSR count). The Morgan fingerprint density at radius 1 is 1.18 bits per heavy atom. The van der Waals surface area contributed by atoms with Crippen LogP contribution in [0, 0.1) is 6.92 Å². The zero-order valence-corrected chi connectivity index (χ0v) is 16.2. The van der Waals surface area contributed by atoms with E-state index in [0.717, 1.165) is 16.3 Å². The second-order valence-electron chi connectivity index (χ2n) is 6.72. The molecule has 0 saturated carbocycles. The highest BCUT2D eigenvalue weighted by Crippen LogP contribution is 2.36. The molecule has 0 aliphatic carbocycles. The van der Waals surface area contributed by atoms with Gasteiger partial charge in [-0.15, -0.1) is 0 Å². The topological polar surface area (TPSA) is 100 Å². The van der Waals surface area contributed by atoms with E-state index in [2.05, 4.69) is 9.97 Å². The minimum absolute atomic E-state index is 0.00275. The van der Waals surface area contributed by atoms with E-state index in [1.807, 2.05) is 13.0 Å². The Morgan fingerprint density at radius 3 is 2.68 bits per heavy atom. The molecular formula is C21H18N2O4S. The van der Waals surface area contributed by atoms with E-state index in [1.54, 1.807) is 49.5 Å². The number of nitrogens with one attached hydrogen (secondary N) is 1. The van der Waals surface area contributed by atoms with Crippen LogP contribution in [0.1, 0.15) is 22.8 Å². The zero-order chi connectivity index (χ0) is 20.1. The van der Waals surface area contributed by atoms with Crippen molar-refractivity contribution in [2.45, 2.75) is 18.7 Å². The summed E-state index contributed by atoms with van der Waals surface area (Å²) >= 11 is 0. The van der Waals surface area contributed by atoms with Crippen LogP contribution in [0.5, 0.6) is 0 Å². The van der Waals surface area contributed by atoms with Crippen LogP contribution in [0.15, 0.2) is 53.6 Å². The maximum Gasteiger partial charge on any atom is 0.335 e. The van der Waals surface area contributed by atoms with Crippen LogP contribution in [0.25, 0.3) is 33.1 Å². The third kappa shape index (κ3) is 2.93. The highest BCUT2D eigenvalue weighted by molar-refractivity contribution is 7.91. The molecule has 0 atom stereocenters. The maximum absolute atomic E-state index is 12.3. The molecule has 0 fully saturated rings. The lowest BCUT2D eigenvalue weighted by Crippen LogP contribution is -2.03. The number of sulfone groups is 1. The summed E-state index contributed by atoms with van der Waals surface area (Å²) in [6.45, 7) is 3.53. The number of nitrogens with zero attached hydrogens (tertiary/aromatic N) is 1. The largest absolute Gasteiger partial charge is 0.478 e. The van der Waals surface area contributed by atoms with Crippen LogP contribution in [0.2, 0.25) is 0 Å². The average Bonchev–Trinajstić information content (AvgIpc) is 3.05. The predicted molar refractivity (Wildman–Crippen MR) is 108 cm³/mol. The molecule has 2 aromatic carbocycles. The van der Waals surface area contributed by atoms with Crippen molar-refractivity contribution in [2.24, 2.45) is 0 Å². The number of rotatable bonds is 4. The molecule has 0 saturated heterocycles. The van der Waals surface area contributed by atoms with Crippen molar-refractivity contribution in [2.75, 3.05) is 5.75 Å². The van der Waals surface area contributed by atoms with Crippen molar-refractivity contribution in [3.8, 4) is 11.1 Å². The lowest BCUT2D eigenvalue weighted by atomic mass is 9.97. The fourth-order valence-corrected chi connectivity index (χ4v) is 4.32. The third-order valence-corrected chi connectivity index (χ3v) is 6.55. The minimum Gasteiger partial charge on any atom is -0.478 e. The van der Waals surface area contributed by atoms with E-state index < -0.39 is 15.8 Å². The Kier molecular flexibility index (Phi) is 4.19. The van der Waals surface area contributed by atoms with Gasteiger partial charge in [0.05, 0.1) is 16.2 Å². The van der Waals surface area contributed by atoms with Gasteiger partial charge in [0.25, 0.3) is 0 Å². The molecule has 2 aromatic heterocycles. The number of carboxylic acid groups (broad SMARTS) is 1. The molecule has 7 heteroatoms. The second-order valence-corrected chi connectivity index (χ2v) is 8.99. The maximum atomic E-state index is 12.3. The number of carboxylic acids is 1. The Bertz CT molecular complexity index is 1350. The van der Waals surface area contributed by atoms with Crippen LogP contribution >= 0.6 is 0 Å². The summed E-state index contributed by atoms with van der Waals surface area (Å²) in [7, 11) is -3.38. The summed E-state index contributed by atoms with van der Waals surface area (Å²) in [6.07, 6.45) is 1.74. The number of carbonyl (C=O) groups is 1. The van der Waals surface area contributed by atoms with Gasteiger partial charge in [-0.2, -0.15) is 0 Å². The first-order valence-electron chi connectivity index (χ1n) is 8.78. The van der Waals surface area contributed by atoms with E-state index in [0.29, 0.717) is 22.3 Å². The van der Waals surface area contributed by atoms with Crippen LogP contribution in [0.3, 0.4) is 0 Å². The molecule has 0 amide bonds. The average molecular weight is 394 g/mol. The summed E-state index contributed by atoms with van der Waals surface area (Å²) in [6, 6.07) is 11.8. The molecule has 6 nitrogen and oxygen atoms in total. The molecular weight excluding hydrogens is 376 g/mol. The normalized spacial score (nSPS) is 11.9. The van der Waals surface area contributed by atoms with Crippen molar-refractivity contribution in [1.29, 1.82) is 0 Å². The highest BCUT2D eigenvalue weighted by atomic mass is 32.2. The number of hydrogen-bond acceptors (Lipinski definition) is 4. The van der Waals surface area contributed by atoms with Gasteiger partial charge < -0.3 is 10.1 Å². The first-order chi connectivity index (χ1) is 13.3. The van der Waals surface area contributed by atoms with Gasteiger partial charge in [-0.25, -0.2) is 18.2 Å². The third-order valence-electron chi connectivity index (χ3n) is 4.82.